The highest BCUT2D eigenvalue weighted by Gasteiger charge is 1.99. The lowest BCUT2D eigenvalue weighted by atomic mass is 10.3. The van der Waals surface area contributed by atoms with Crippen LogP contribution in [0.1, 0.15) is 11.4 Å². The number of hydrogen-bond acceptors (Lipinski definition) is 3. The summed E-state index contributed by atoms with van der Waals surface area (Å²) in [6.07, 6.45) is 1.44. The first-order valence-corrected chi connectivity index (χ1v) is 2.61. The number of imidazole rings is 1. The molecule has 0 saturated heterocycles. The minimum Gasteiger partial charge on any atom is -0.390 e. The Balaban J connectivity index is 0.000000810. The number of H-pyrrole nitrogens is 1. The Labute approximate surface area is 64.3 Å². The van der Waals surface area contributed by atoms with E-state index in [0.717, 1.165) is 0 Å². The van der Waals surface area contributed by atoms with Gasteiger partial charge in [-0.1, -0.05) is 0 Å². The molecule has 0 aliphatic rings. The van der Waals surface area contributed by atoms with Crippen molar-refractivity contribution in [2.24, 2.45) is 0 Å². The Morgan fingerprint density at radius 2 is 2.10 bits per heavy atom. The molecule has 0 unspecified atom stereocenters. The Hall–Kier alpha value is -0.580. The summed E-state index contributed by atoms with van der Waals surface area (Å²) in [5.74, 6) is 0. The molecular weight excluding hydrogens is 156 g/mol. The monoisotopic (exact) mass is 164 g/mol. The van der Waals surface area contributed by atoms with Gasteiger partial charge in [-0.15, -0.1) is 12.4 Å². The predicted octanol–water partition coefficient (Wildman–Crippen LogP) is -0.184. The summed E-state index contributed by atoms with van der Waals surface area (Å²) >= 11 is 0. The van der Waals surface area contributed by atoms with E-state index in [1.165, 1.54) is 6.33 Å². The smallest absolute Gasteiger partial charge is 0.0926 e. The first-order valence-electron chi connectivity index (χ1n) is 2.61. The molecule has 0 fully saturated rings. The molecule has 0 aromatic carbocycles. The van der Waals surface area contributed by atoms with Crippen molar-refractivity contribution in [1.29, 1.82) is 0 Å². The van der Waals surface area contributed by atoms with Crippen molar-refractivity contribution >= 4 is 12.4 Å². The van der Waals surface area contributed by atoms with Crippen LogP contribution in [0.25, 0.3) is 0 Å². The van der Waals surface area contributed by atoms with Gasteiger partial charge in [-0.2, -0.15) is 0 Å². The molecule has 4 nitrogen and oxygen atoms in total. The Morgan fingerprint density at radius 3 is 2.50 bits per heavy atom. The third-order valence-electron chi connectivity index (χ3n) is 1.12. The predicted molar refractivity (Wildman–Crippen MR) is 37.7 cm³/mol. The maximum Gasteiger partial charge on any atom is 0.0926 e. The van der Waals surface area contributed by atoms with Crippen LogP contribution in [-0.2, 0) is 13.2 Å². The second-order valence-corrected chi connectivity index (χ2v) is 1.64. The molecule has 0 atom stereocenters. The van der Waals surface area contributed by atoms with Crippen molar-refractivity contribution in [3.63, 3.8) is 0 Å². The summed E-state index contributed by atoms with van der Waals surface area (Å²) in [7, 11) is 0. The molecule has 0 aliphatic heterocycles. The van der Waals surface area contributed by atoms with E-state index < -0.39 is 0 Å². The van der Waals surface area contributed by atoms with Crippen molar-refractivity contribution in [1.82, 2.24) is 9.97 Å². The van der Waals surface area contributed by atoms with E-state index in [1.807, 2.05) is 0 Å². The molecule has 5 heteroatoms. The molecule has 0 aliphatic carbocycles. The molecule has 1 aromatic rings. The van der Waals surface area contributed by atoms with Gasteiger partial charge < -0.3 is 15.2 Å². The number of aromatic nitrogens is 2. The van der Waals surface area contributed by atoms with Crippen molar-refractivity contribution in [2.45, 2.75) is 13.2 Å². The van der Waals surface area contributed by atoms with Crippen molar-refractivity contribution < 1.29 is 10.2 Å². The zero-order valence-corrected chi connectivity index (χ0v) is 6.06. The van der Waals surface area contributed by atoms with E-state index >= 15 is 0 Å². The third kappa shape index (κ3) is 1.70. The Morgan fingerprint density at radius 1 is 1.40 bits per heavy atom. The lowest BCUT2D eigenvalue weighted by Crippen LogP contribution is -1.91. The van der Waals surface area contributed by atoms with Gasteiger partial charge in [-0.05, 0) is 0 Å². The van der Waals surface area contributed by atoms with E-state index in [2.05, 4.69) is 9.97 Å². The number of aliphatic hydroxyl groups excluding tert-OH is 2. The third-order valence-corrected chi connectivity index (χ3v) is 1.12. The van der Waals surface area contributed by atoms with Gasteiger partial charge in [-0.3, -0.25) is 0 Å². The van der Waals surface area contributed by atoms with Gasteiger partial charge in [0.1, 0.15) is 0 Å². The minimum absolute atomic E-state index is 0. The zero-order chi connectivity index (χ0) is 6.69. The molecule has 0 spiro atoms. The van der Waals surface area contributed by atoms with Crippen molar-refractivity contribution in [2.75, 3.05) is 0 Å². The molecule has 1 rings (SSSR count). The largest absolute Gasteiger partial charge is 0.390 e. The van der Waals surface area contributed by atoms with E-state index in [-0.39, 0.29) is 25.6 Å². The fourth-order valence-corrected chi connectivity index (χ4v) is 0.622. The van der Waals surface area contributed by atoms with E-state index in [1.54, 1.807) is 0 Å². The average Bonchev–Trinajstić information content (AvgIpc) is 2.33. The topological polar surface area (TPSA) is 69.1 Å². The van der Waals surface area contributed by atoms with Gasteiger partial charge >= 0.3 is 0 Å². The highest BCUT2D eigenvalue weighted by Crippen LogP contribution is 2.00. The summed E-state index contributed by atoms with van der Waals surface area (Å²) in [6.45, 7) is -0.227. The van der Waals surface area contributed by atoms with Gasteiger partial charge in [0.05, 0.1) is 30.9 Å². The second-order valence-electron chi connectivity index (χ2n) is 1.64. The molecule has 0 saturated carbocycles. The van der Waals surface area contributed by atoms with Crippen LogP contribution in [0.5, 0.6) is 0 Å². The number of nitrogens with one attached hydrogen (secondary N) is 1. The van der Waals surface area contributed by atoms with Gasteiger partial charge in [0.2, 0.25) is 0 Å². The summed E-state index contributed by atoms with van der Waals surface area (Å²) in [6, 6.07) is 0. The van der Waals surface area contributed by atoms with Crippen LogP contribution in [0.4, 0.5) is 0 Å². The lowest BCUT2D eigenvalue weighted by molar-refractivity contribution is 0.255. The van der Waals surface area contributed by atoms with Crippen LogP contribution >= 0.6 is 12.4 Å². The fraction of sp³-hybridized carbons (Fsp3) is 0.400. The molecule has 1 heterocycles. The average molecular weight is 165 g/mol. The van der Waals surface area contributed by atoms with Crippen molar-refractivity contribution in [3.05, 3.63) is 17.7 Å². The van der Waals surface area contributed by atoms with E-state index in [4.69, 9.17) is 10.2 Å². The SMILES string of the molecule is Cl.OCc1nc[nH]c1CO. The molecule has 0 bridgehead atoms. The number of halogens is 1. The molecule has 10 heavy (non-hydrogen) atoms. The number of aliphatic hydroxyl groups is 2. The molecule has 1 aromatic heterocycles. The zero-order valence-electron chi connectivity index (χ0n) is 5.24. The summed E-state index contributed by atoms with van der Waals surface area (Å²) in [4.78, 5) is 6.43. The fourth-order valence-electron chi connectivity index (χ4n) is 0.622. The minimum atomic E-state index is -0.126. The number of rotatable bonds is 2. The Kier molecular flexibility index (Phi) is 4.02. The molecular formula is C5H9ClN2O2. The highest BCUT2D eigenvalue weighted by molar-refractivity contribution is 5.85. The number of nitrogens with zero attached hydrogens (tertiary/aromatic N) is 1. The van der Waals surface area contributed by atoms with E-state index in [9.17, 15) is 0 Å². The summed E-state index contributed by atoms with van der Waals surface area (Å²) < 4.78 is 0. The van der Waals surface area contributed by atoms with Gasteiger partial charge in [-0.25, -0.2) is 4.98 Å². The van der Waals surface area contributed by atoms with Gasteiger partial charge in [0.15, 0.2) is 0 Å². The van der Waals surface area contributed by atoms with Crippen LogP contribution in [0.2, 0.25) is 0 Å². The van der Waals surface area contributed by atoms with E-state index in [0.29, 0.717) is 11.4 Å². The normalized spacial score (nSPS) is 9.00. The van der Waals surface area contributed by atoms with Crippen LogP contribution in [0.3, 0.4) is 0 Å². The summed E-state index contributed by atoms with van der Waals surface area (Å²) in [5, 5.41) is 17.1. The maximum absolute atomic E-state index is 8.56. The van der Waals surface area contributed by atoms with Gasteiger partial charge in [0, 0.05) is 0 Å². The summed E-state index contributed by atoms with van der Waals surface area (Å²) in [5.41, 5.74) is 1.09. The molecule has 3 N–H and O–H groups in total. The van der Waals surface area contributed by atoms with Crippen LogP contribution in [0, 0.1) is 0 Å². The molecule has 0 radical (unpaired) electrons. The lowest BCUT2D eigenvalue weighted by Gasteiger charge is -1.90. The second kappa shape index (κ2) is 4.27. The number of aromatic amines is 1. The number of hydrogen-bond donors (Lipinski definition) is 3. The van der Waals surface area contributed by atoms with Crippen molar-refractivity contribution in [3.8, 4) is 0 Å². The standard InChI is InChI=1S/C5H8N2O2.ClH/c8-1-4-5(2-9)7-3-6-4;/h3,8-9H,1-2H2,(H,6,7);1H. The highest BCUT2D eigenvalue weighted by atomic mass is 35.5. The molecule has 58 valence electrons. The Bertz CT molecular complexity index is 171. The van der Waals surface area contributed by atoms with Crippen LogP contribution in [-0.4, -0.2) is 20.2 Å². The first kappa shape index (κ1) is 9.42. The first-order chi connectivity index (χ1) is 4.38. The quantitative estimate of drug-likeness (QED) is 0.568. The van der Waals surface area contributed by atoms with Crippen LogP contribution in [0.15, 0.2) is 6.33 Å². The van der Waals surface area contributed by atoms with Gasteiger partial charge in [0.25, 0.3) is 0 Å². The van der Waals surface area contributed by atoms with Crippen LogP contribution < -0.4 is 0 Å². The maximum atomic E-state index is 8.56. The molecule has 0 amide bonds.